The lowest BCUT2D eigenvalue weighted by molar-refractivity contribution is -0.0704. The number of ether oxygens (including phenoxy) is 1. The van der Waals surface area contributed by atoms with Crippen LogP contribution in [0.25, 0.3) is 0 Å². The smallest absolute Gasteiger partial charge is 0.191 e. The fraction of sp³-hybridized carbons (Fsp3) is 0.522. The Morgan fingerprint density at radius 3 is 2.40 bits per heavy atom. The average molecular weight is 543 g/mol. The van der Waals surface area contributed by atoms with Crippen molar-refractivity contribution in [1.82, 2.24) is 15.5 Å². The molecule has 0 amide bonds. The molecule has 5 nitrogen and oxygen atoms in total. The molecule has 3 rings (SSSR count). The molecule has 0 spiro atoms. The van der Waals surface area contributed by atoms with Gasteiger partial charge in [0.2, 0.25) is 0 Å². The third kappa shape index (κ3) is 7.83. The van der Waals surface area contributed by atoms with E-state index in [0.29, 0.717) is 18.1 Å². The van der Waals surface area contributed by atoms with E-state index >= 15 is 0 Å². The minimum atomic E-state index is 0. The van der Waals surface area contributed by atoms with Crippen molar-refractivity contribution in [1.29, 1.82) is 0 Å². The summed E-state index contributed by atoms with van der Waals surface area (Å²) in [6.07, 6.45) is 0.619. The van der Waals surface area contributed by atoms with Gasteiger partial charge in [-0.05, 0) is 36.4 Å². The van der Waals surface area contributed by atoms with E-state index in [-0.39, 0.29) is 24.0 Å². The van der Waals surface area contributed by atoms with Crippen LogP contribution in [0.1, 0.15) is 42.7 Å². The van der Waals surface area contributed by atoms with Gasteiger partial charge in [0.15, 0.2) is 5.96 Å². The van der Waals surface area contributed by atoms with E-state index < -0.39 is 0 Å². The highest BCUT2D eigenvalue weighted by molar-refractivity contribution is 14.0. The number of halogens is 1. The monoisotopic (exact) mass is 542 g/mol. The minimum Gasteiger partial charge on any atom is -0.373 e. The highest BCUT2D eigenvalue weighted by Crippen LogP contribution is 2.19. The van der Waals surface area contributed by atoms with Crippen LogP contribution >= 0.6 is 35.3 Å². The number of rotatable bonds is 7. The molecule has 1 aliphatic rings. The molecular formula is C23H35IN4OS. The lowest BCUT2D eigenvalue weighted by Crippen LogP contribution is -2.44. The molecule has 1 aromatic carbocycles. The normalized spacial score (nSPS) is 21.0. The van der Waals surface area contributed by atoms with Crippen molar-refractivity contribution in [2.24, 2.45) is 4.99 Å². The van der Waals surface area contributed by atoms with Crippen molar-refractivity contribution in [2.75, 3.05) is 26.7 Å². The quantitative estimate of drug-likeness (QED) is 0.309. The standard InChI is InChI=1S/C23H34N4OS.HI/c1-17(22-6-5-11-29-22)12-25-23(24-4)26-13-20-7-9-21(10-8-20)16-27-14-18(2)28-19(3)15-27;/h5-11,17-19H,12-16H2,1-4H3,(H2,24,25,26);1H. The maximum Gasteiger partial charge on any atom is 0.191 e. The Kier molecular flexibility index (Phi) is 10.6. The molecule has 1 aromatic heterocycles. The first-order valence-electron chi connectivity index (χ1n) is 10.5. The Morgan fingerprint density at radius 1 is 1.13 bits per heavy atom. The molecule has 166 valence electrons. The molecule has 0 radical (unpaired) electrons. The van der Waals surface area contributed by atoms with Gasteiger partial charge in [-0.1, -0.05) is 37.3 Å². The van der Waals surface area contributed by atoms with Crippen molar-refractivity contribution in [2.45, 2.75) is 52.0 Å². The molecule has 1 saturated heterocycles. The van der Waals surface area contributed by atoms with Crippen LogP contribution in [0.2, 0.25) is 0 Å². The molecule has 1 fully saturated rings. The van der Waals surface area contributed by atoms with E-state index in [0.717, 1.165) is 38.7 Å². The fourth-order valence-electron chi connectivity index (χ4n) is 3.76. The van der Waals surface area contributed by atoms with Crippen LogP contribution in [0.15, 0.2) is 46.8 Å². The minimum absolute atomic E-state index is 0. The van der Waals surface area contributed by atoms with Gasteiger partial charge in [-0.15, -0.1) is 35.3 Å². The van der Waals surface area contributed by atoms with Crippen LogP contribution in [0, 0.1) is 0 Å². The van der Waals surface area contributed by atoms with Crippen LogP contribution < -0.4 is 10.6 Å². The zero-order chi connectivity index (χ0) is 20.6. The number of benzene rings is 1. The van der Waals surface area contributed by atoms with Gasteiger partial charge in [-0.25, -0.2) is 0 Å². The van der Waals surface area contributed by atoms with E-state index in [9.17, 15) is 0 Å². The van der Waals surface area contributed by atoms with Gasteiger partial charge in [0.05, 0.1) is 12.2 Å². The van der Waals surface area contributed by atoms with Crippen LogP contribution in [0.3, 0.4) is 0 Å². The van der Waals surface area contributed by atoms with Crippen molar-refractivity contribution < 1.29 is 4.74 Å². The van der Waals surface area contributed by atoms with Crippen LogP contribution in [-0.4, -0.2) is 49.7 Å². The van der Waals surface area contributed by atoms with Gasteiger partial charge in [-0.2, -0.15) is 0 Å². The first-order valence-corrected chi connectivity index (χ1v) is 11.3. The summed E-state index contributed by atoms with van der Waals surface area (Å²) in [6.45, 7) is 11.2. The van der Waals surface area contributed by atoms with E-state index in [2.05, 4.69) is 83.1 Å². The Labute approximate surface area is 202 Å². The molecule has 2 aromatic rings. The molecule has 3 atom stereocenters. The van der Waals surface area contributed by atoms with Gasteiger partial charge in [0.25, 0.3) is 0 Å². The van der Waals surface area contributed by atoms with Crippen molar-refractivity contribution in [3.8, 4) is 0 Å². The van der Waals surface area contributed by atoms with Gasteiger partial charge >= 0.3 is 0 Å². The lowest BCUT2D eigenvalue weighted by Gasteiger charge is -2.35. The maximum absolute atomic E-state index is 5.83. The first-order chi connectivity index (χ1) is 14.0. The molecule has 0 saturated carbocycles. The molecule has 30 heavy (non-hydrogen) atoms. The van der Waals surface area contributed by atoms with E-state index in [1.165, 1.54) is 16.0 Å². The summed E-state index contributed by atoms with van der Waals surface area (Å²) in [5.41, 5.74) is 2.61. The summed E-state index contributed by atoms with van der Waals surface area (Å²) in [4.78, 5) is 8.22. The van der Waals surface area contributed by atoms with Gasteiger partial charge in [-0.3, -0.25) is 9.89 Å². The highest BCUT2D eigenvalue weighted by Gasteiger charge is 2.21. The topological polar surface area (TPSA) is 48.9 Å². The number of morpholine rings is 1. The zero-order valence-corrected chi connectivity index (χ0v) is 21.6. The Bertz CT molecular complexity index is 756. The molecule has 7 heteroatoms. The number of nitrogens with one attached hydrogen (secondary N) is 2. The van der Waals surface area contributed by atoms with Crippen LogP contribution in [0.5, 0.6) is 0 Å². The summed E-state index contributed by atoms with van der Waals surface area (Å²) >= 11 is 1.80. The Hall–Kier alpha value is -1.16. The number of hydrogen-bond donors (Lipinski definition) is 2. The molecule has 2 N–H and O–H groups in total. The Morgan fingerprint density at radius 2 is 1.80 bits per heavy atom. The summed E-state index contributed by atoms with van der Waals surface area (Å²) < 4.78 is 5.83. The molecule has 0 bridgehead atoms. The molecule has 3 unspecified atom stereocenters. The number of guanidine groups is 1. The summed E-state index contributed by atoms with van der Waals surface area (Å²) in [5, 5.41) is 8.97. The second-order valence-electron chi connectivity index (χ2n) is 7.99. The third-order valence-corrected chi connectivity index (χ3v) is 6.32. The predicted molar refractivity (Wildman–Crippen MR) is 138 cm³/mol. The van der Waals surface area contributed by atoms with Crippen molar-refractivity contribution in [3.05, 3.63) is 57.8 Å². The second kappa shape index (κ2) is 12.6. The number of hydrogen-bond acceptors (Lipinski definition) is 4. The van der Waals surface area contributed by atoms with E-state index in [4.69, 9.17) is 4.74 Å². The van der Waals surface area contributed by atoms with Crippen molar-refractivity contribution in [3.63, 3.8) is 0 Å². The van der Waals surface area contributed by atoms with Gasteiger partial charge in [0, 0.05) is 50.6 Å². The van der Waals surface area contributed by atoms with E-state index in [1.807, 2.05) is 7.05 Å². The third-order valence-electron chi connectivity index (χ3n) is 5.21. The Balaban J connectivity index is 0.00000320. The SMILES string of the molecule is CN=C(NCc1ccc(CN2CC(C)OC(C)C2)cc1)NCC(C)c1cccs1.I. The van der Waals surface area contributed by atoms with E-state index in [1.54, 1.807) is 11.3 Å². The highest BCUT2D eigenvalue weighted by atomic mass is 127. The maximum atomic E-state index is 5.83. The molecule has 2 heterocycles. The van der Waals surface area contributed by atoms with Crippen LogP contribution in [-0.2, 0) is 17.8 Å². The van der Waals surface area contributed by atoms with Gasteiger partial charge in [0.1, 0.15) is 0 Å². The largest absolute Gasteiger partial charge is 0.373 e. The number of aliphatic imine (C=N–C) groups is 1. The molecule has 1 aliphatic heterocycles. The lowest BCUT2D eigenvalue weighted by atomic mass is 10.1. The summed E-state index contributed by atoms with van der Waals surface area (Å²) in [5.74, 6) is 1.31. The molecular weight excluding hydrogens is 507 g/mol. The number of nitrogens with zero attached hydrogens (tertiary/aromatic N) is 2. The first kappa shape index (κ1) is 25.1. The van der Waals surface area contributed by atoms with Crippen molar-refractivity contribution >= 4 is 41.3 Å². The molecule has 0 aliphatic carbocycles. The van der Waals surface area contributed by atoms with Crippen LogP contribution in [0.4, 0.5) is 0 Å². The summed E-state index contributed by atoms with van der Waals surface area (Å²) in [6, 6.07) is 13.2. The predicted octanol–water partition coefficient (Wildman–Crippen LogP) is 4.44. The number of thiophene rings is 1. The summed E-state index contributed by atoms with van der Waals surface area (Å²) in [7, 11) is 1.82. The van der Waals surface area contributed by atoms with Gasteiger partial charge < -0.3 is 15.4 Å². The zero-order valence-electron chi connectivity index (χ0n) is 18.4. The second-order valence-corrected chi connectivity index (χ2v) is 8.97. The average Bonchev–Trinajstić information content (AvgIpc) is 3.23. The fourth-order valence-corrected chi connectivity index (χ4v) is 4.55.